The molecule has 5 amide bonds. The third-order valence-corrected chi connectivity index (χ3v) is 10.6. The predicted octanol–water partition coefficient (Wildman–Crippen LogP) is 1.98. The molecule has 1 aliphatic heterocycles. The van der Waals surface area contributed by atoms with Crippen LogP contribution in [0.1, 0.15) is 73.6 Å². The lowest BCUT2D eigenvalue weighted by molar-refractivity contribution is -0.141. The molecule has 1 aliphatic rings. The first-order valence-electron chi connectivity index (χ1n) is 20.8. The van der Waals surface area contributed by atoms with E-state index >= 15 is 0 Å². The highest BCUT2D eigenvalue weighted by Gasteiger charge is 2.36. The van der Waals surface area contributed by atoms with Crippen molar-refractivity contribution in [3.8, 4) is 34.4 Å². The van der Waals surface area contributed by atoms with Gasteiger partial charge in [0.2, 0.25) is 23.6 Å². The third kappa shape index (κ3) is 12.7. The molecule has 0 saturated carbocycles. The lowest BCUT2D eigenvalue weighted by Crippen LogP contribution is -2.56. The molecule has 17 nitrogen and oxygen atoms in total. The molecule has 334 valence electrons. The number of carbonyl (C=O) groups is 5. The van der Waals surface area contributed by atoms with Crippen molar-refractivity contribution in [1.29, 1.82) is 5.26 Å². The molecule has 0 radical (unpaired) electrons. The minimum atomic E-state index is -1.38. The number of hydrogen-bond donors (Lipinski definition) is 7. The van der Waals surface area contributed by atoms with E-state index in [9.17, 15) is 24.0 Å². The Kier molecular flexibility index (Phi) is 17.6. The summed E-state index contributed by atoms with van der Waals surface area (Å²) in [6, 6.07) is 12.3. The zero-order chi connectivity index (χ0) is 45.6. The topological polar surface area (TPSA) is 266 Å². The van der Waals surface area contributed by atoms with Crippen LogP contribution in [-0.2, 0) is 25.6 Å². The molecule has 0 spiro atoms. The van der Waals surface area contributed by atoms with Crippen LogP contribution in [0, 0.1) is 23.7 Å². The number of aryl methyl sites for hydroxylation is 1. The highest BCUT2D eigenvalue weighted by Crippen LogP contribution is 2.40. The van der Waals surface area contributed by atoms with Gasteiger partial charge in [0.1, 0.15) is 61.2 Å². The first-order valence-corrected chi connectivity index (χ1v) is 20.8. The molecule has 0 saturated heterocycles. The lowest BCUT2D eigenvalue weighted by atomic mass is 9.92. The Morgan fingerprint density at radius 1 is 0.919 bits per heavy atom. The van der Waals surface area contributed by atoms with Crippen molar-refractivity contribution < 1.29 is 38.2 Å². The summed E-state index contributed by atoms with van der Waals surface area (Å²) in [6.07, 6.45) is 0.972. The zero-order valence-electron chi connectivity index (χ0n) is 36.5. The van der Waals surface area contributed by atoms with Crippen molar-refractivity contribution in [1.82, 2.24) is 26.2 Å². The van der Waals surface area contributed by atoms with E-state index in [0.717, 1.165) is 6.42 Å². The Morgan fingerprint density at radius 2 is 1.58 bits per heavy atom. The second kappa shape index (κ2) is 22.6. The SMILES string of the molecule is CCC(C)(C)COc1ccc(C(=O)N[C@@H](CCN)C(=O)N(C)[C@@H]2C(=O)N[C@@H](C)C(=O)N[C@H](C(=O)NCC#N)Cc3ccc(OCCN)c(c3)-c3cc2ccc3OCCN)c(C)c1. The highest BCUT2D eigenvalue weighted by atomic mass is 16.5. The summed E-state index contributed by atoms with van der Waals surface area (Å²) in [4.78, 5) is 71.1. The highest BCUT2D eigenvalue weighted by molar-refractivity contribution is 6.00. The number of nitrogens with one attached hydrogen (secondary N) is 4. The number of nitrogens with zero attached hydrogens (tertiary/aromatic N) is 2. The van der Waals surface area contributed by atoms with Gasteiger partial charge in [-0.15, -0.1) is 0 Å². The fraction of sp³-hybridized carbons (Fsp3) is 0.467. The first kappa shape index (κ1) is 48.4. The van der Waals surface area contributed by atoms with E-state index in [1.807, 2.05) is 6.07 Å². The number of ether oxygens (including phenoxy) is 3. The smallest absolute Gasteiger partial charge is 0.252 e. The summed E-state index contributed by atoms with van der Waals surface area (Å²) in [6.45, 7) is 10.4. The van der Waals surface area contributed by atoms with Crippen molar-refractivity contribution >= 4 is 29.5 Å². The van der Waals surface area contributed by atoms with Crippen LogP contribution in [0.15, 0.2) is 54.6 Å². The second-order valence-corrected chi connectivity index (χ2v) is 16.0. The molecular weight excluding hydrogens is 795 g/mol. The maximum absolute atomic E-state index is 14.6. The fourth-order valence-corrected chi connectivity index (χ4v) is 6.73. The van der Waals surface area contributed by atoms with Crippen LogP contribution in [0.2, 0.25) is 0 Å². The number of likely N-dealkylation sites (N-methyl/N-ethyl adjacent to an activating group) is 1. The Bertz CT molecular complexity index is 2120. The van der Waals surface area contributed by atoms with Gasteiger partial charge in [-0.3, -0.25) is 24.0 Å². The number of fused-ring (bicyclic) bond motifs is 5. The molecule has 3 aromatic rings. The van der Waals surface area contributed by atoms with E-state index < -0.39 is 53.7 Å². The van der Waals surface area contributed by atoms with Crippen LogP contribution in [0.3, 0.4) is 0 Å². The fourth-order valence-electron chi connectivity index (χ4n) is 6.73. The van der Waals surface area contributed by atoms with E-state index in [0.29, 0.717) is 57.2 Å². The van der Waals surface area contributed by atoms with Gasteiger partial charge in [-0.1, -0.05) is 32.9 Å². The number of nitrogens with two attached hydrogens (primary N) is 3. The van der Waals surface area contributed by atoms with Gasteiger partial charge >= 0.3 is 0 Å². The molecule has 0 aromatic heterocycles. The Hall–Kier alpha value is -6.22. The van der Waals surface area contributed by atoms with Crippen molar-refractivity contribution in [3.05, 3.63) is 76.9 Å². The summed E-state index contributed by atoms with van der Waals surface area (Å²) in [7, 11) is 1.43. The van der Waals surface area contributed by atoms with Crippen LogP contribution >= 0.6 is 0 Å². The average molecular weight is 856 g/mol. The summed E-state index contributed by atoms with van der Waals surface area (Å²) in [5.74, 6) is -1.80. The monoisotopic (exact) mass is 855 g/mol. The van der Waals surface area contributed by atoms with E-state index in [1.54, 1.807) is 61.5 Å². The van der Waals surface area contributed by atoms with Crippen molar-refractivity contribution in [3.63, 3.8) is 0 Å². The van der Waals surface area contributed by atoms with Gasteiger partial charge in [-0.25, -0.2) is 0 Å². The first-order chi connectivity index (χ1) is 29.6. The van der Waals surface area contributed by atoms with Gasteiger partial charge < -0.3 is 57.6 Å². The van der Waals surface area contributed by atoms with E-state index in [1.165, 1.54) is 18.9 Å². The summed E-state index contributed by atoms with van der Waals surface area (Å²) in [5.41, 5.74) is 20.5. The molecule has 4 rings (SSSR count). The number of nitriles is 1. The standard InChI is InChI=1S/C45H61N9O8/c1-7-45(4,5)26-62-31-10-11-32(27(2)22-31)41(56)52-35(14-15-46)44(59)54(6)39-30-9-13-38(61-21-18-49)34(25-30)33-23-29(8-12-37(33)60-20-17-48)24-36(42(57)50-19-16-47)53-40(55)28(3)51-43(39)58/h8-13,22-23,25,28,35-36,39H,7,14-15,17-21,24,26,46,48-49H2,1-6H3,(H,50,57)(H,51,58)(H,52,56)(H,53,55)/t28-,35-,36-,39-/m0/s1. The minimum absolute atomic E-state index is 0.00931. The number of hydrogen-bond acceptors (Lipinski definition) is 12. The maximum Gasteiger partial charge on any atom is 0.252 e. The number of benzene rings is 3. The van der Waals surface area contributed by atoms with Gasteiger partial charge in [-0.2, -0.15) is 5.26 Å². The number of rotatable bonds is 18. The molecule has 62 heavy (non-hydrogen) atoms. The van der Waals surface area contributed by atoms with Crippen LogP contribution < -0.4 is 52.7 Å². The Labute approximate surface area is 363 Å². The molecule has 4 atom stereocenters. The van der Waals surface area contributed by atoms with Gasteiger partial charge in [0, 0.05) is 43.2 Å². The third-order valence-electron chi connectivity index (χ3n) is 10.6. The van der Waals surface area contributed by atoms with Crippen molar-refractivity contribution in [2.24, 2.45) is 22.6 Å². The van der Waals surface area contributed by atoms with Crippen molar-refractivity contribution in [2.45, 2.75) is 78.0 Å². The minimum Gasteiger partial charge on any atom is -0.493 e. The largest absolute Gasteiger partial charge is 0.493 e. The molecule has 10 N–H and O–H groups in total. The molecule has 0 aliphatic carbocycles. The second-order valence-electron chi connectivity index (χ2n) is 16.0. The number of carbonyl (C=O) groups excluding carboxylic acids is 5. The predicted molar refractivity (Wildman–Crippen MR) is 234 cm³/mol. The van der Waals surface area contributed by atoms with Crippen LogP contribution in [0.5, 0.6) is 17.2 Å². The zero-order valence-corrected chi connectivity index (χ0v) is 36.5. The molecule has 1 heterocycles. The molecular formula is C45H61N9O8. The van der Waals surface area contributed by atoms with Crippen LogP contribution in [0.25, 0.3) is 11.1 Å². The summed E-state index contributed by atoms with van der Waals surface area (Å²) >= 11 is 0. The van der Waals surface area contributed by atoms with Crippen LogP contribution in [0.4, 0.5) is 0 Å². The van der Waals surface area contributed by atoms with Crippen molar-refractivity contribution in [2.75, 3.05) is 53.0 Å². The molecule has 3 aromatic carbocycles. The van der Waals surface area contributed by atoms with Gasteiger partial charge in [0.25, 0.3) is 5.91 Å². The Balaban J connectivity index is 1.81. The lowest BCUT2D eigenvalue weighted by Gasteiger charge is -2.32. The van der Waals surface area contributed by atoms with E-state index in [-0.39, 0.29) is 57.6 Å². The summed E-state index contributed by atoms with van der Waals surface area (Å²) < 4.78 is 18.2. The van der Waals surface area contributed by atoms with E-state index in [4.69, 9.17) is 36.7 Å². The summed E-state index contributed by atoms with van der Waals surface area (Å²) in [5, 5.41) is 19.9. The quantitative estimate of drug-likeness (QED) is 0.0906. The van der Waals surface area contributed by atoms with Gasteiger partial charge in [-0.05, 0) is 97.8 Å². The molecule has 4 bridgehead atoms. The normalized spacial score (nSPS) is 16.9. The molecule has 0 fully saturated rings. The van der Waals surface area contributed by atoms with E-state index in [2.05, 4.69) is 42.0 Å². The Morgan fingerprint density at radius 3 is 2.19 bits per heavy atom. The maximum atomic E-state index is 14.6. The van der Waals surface area contributed by atoms with Crippen LogP contribution in [-0.4, -0.2) is 106 Å². The van der Waals surface area contributed by atoms with Gasteiger partial charge in [0.05, 0.1) is 12.7 Å². The van der Waals surface area contributed by atoms with Gasteiger partial charge in [0.15, 0.2) is 0 Å². The number of amides is 5. The average Bonchev–Trinajstić information content (AvgIpc) is 3.25. The molecule has 17 heteroatoms. The molecule has 0 unspecified atom stereocenters.